The summed E-state index contributed by atoms with van der Waals surface area (Å²) in [6.07, 6.45) is 14.8. The normalized spacial score (nSPS) is 12.6. The van der Waals surface area contributed by atoms with Gasteiger partial charge in [0.15, 0.2) is 0 Å². The molecule has 0 fully saturated rings. The molecule has 1 heteroatoms. The standard InChI is InChI=1S/C14H12S/c1-4-13(14(5-2)15-3)11-12-9-7-6-8-10-12/h1-2,6-11,14H,3H3/b13-11-. The van der Waals surface area contributed by atoms with Gasteiger partial charge in [-0.2, -0.15) is 0 Å². The van der Waals surface area contributed by atoms with E-state index in [9.17, 15) is 0 Å². The van der Waals surface area contributed by atoms with Crippen LogP contribution in [-0.4, -0.2) is 11.5 Å². The van der Waals surface area contributed by atoms with Crippen molar-refractivity contribution in [1.82, 2.24) is 0 Å². The lowest BCUT2D eigenvalue weighted by atomic mass is 10.1. The van der Waals surface area contributed by atoms with E-state index < -0.39 is 0 Å². The summed E-state index contributed by atoms with van der Waals surface area (Å²) in [4.78, 5) is 0. The number of thioether (sulfide) groups is 1. The third-order valence-corrected chi connectivity index (χ3v) is 2.82. The highest BCUT2D eigenvalue weighted by Crippen LogP contribution is 2.18. The minimum atomic E-state index is -0.0322. The maximum absolute atomic E-state index is 5.45. The number of benzene rings is 1. The van der Waals surface area contributed by atoms with E-state index in [2.05, 4.69) is 11.8 Å². The zero-order valence-corrected chi connectivity index (χ0v) is 9.42. The fourth-order valence-electron chi connectivity index (χ4n) is 1.21. The van der Waals surface area contributed by atoms with Gasteiger partial charge in [0, 0.05) is 5.57 Å². The van der Waals surface area contributed by atoms with Gasteiger partial charge in [0.05, 0.1) is 5.25 Å². The number of rotatable bonds is 3. The summed E-state index contributed by atoms with van der Waals surface area (Å²) >= 11 is 1.57. The Morgan fingerprint density at radius 2 is 2.00 bits per heavy atom. The van der Waals surface area contributed by atoms with E-state index in [4.69, 9.17) is 12.8 Å². The quantitative estimate of drug-likeness (QED) is 0.694. The molecule has 0 aliphatic rings. The first kappa shape index (κ1) is 11.5. The molecule has 0 saturated carbocycles. The molecular formula is C14H12S. The lowest BCUT2D eigenvalue weighted by molar-refractivity contribution is 1.42. The van der Waals surface area contributed by atoms with Crippen molar-refractivity contribution in [2.45, 2.75) is 5.25 Å². The molecule has 1 aromatic carbocycles. The summed E-state index contributed by atoms with van der Waals surface area (Å²) in [6, 6.07) is 9.94. The largest absolute Gasteiger partial charge is 0.143 e. The van der Waals surface area contributed by atoms with Crippen LogP contribution in [0.5, 0.6) is 0 Å². The SMILES string of the molecule is C#C/C(=C/c1ccccc1)C(C#C)SC. The molecule has 0 aliphatic heterocycles. The number of hydrogen-bond acceptors (Lipinski definition) is 1. The Labute approximate surface area is 95.8 Å². The molecule has 15 heavy (non-hydrogen) atoms. The predicted molar refractivity (Wildman–Crippen MR) is 69.4 cm³/mol. The van der Waals surface area contributed by atoms with E-state index in [1.54, 1.807) is 11.8 Å². The number of hydrogen-bond donors (Lipinski definition) is 0. The van der Waals surface area contributed by atoms with E-state index >= 15 is 0 Å². The zero-order valence-electron chi connectivity index (χ0n) is 8.60. The van der Waals surface area contributed by atoms with Gasteiger partial charge in [-0.15, -0.1) is 24.6 Å². The Bertz CT molecular complexity index is 415. The van der Waals surface area contributed by atoms with Crippen molar-refractivity contribution in [3.63, 3.8) is 0 Å². The molecule has 1 atom stereocenters. The van der Waals surface area contributed by atoms with Gasteiger partial charge in [-0.25, -0.2) is 0 Å². The first-order chi connectivity index (χ1) is 7.31. The topological polar surface area (TPSA) is 0 Å². The van der Waals surface area contributed by atoms with Crippen molar-refractivity contribution < 1.29 is 0 Å². The molecule has 1 unspecified atom stereocenters. The maximum Gasteiger partial charge on any atom is 0.0978 e. The number of terminal acetylenes is 2. The van der Waals surface area contributed by atoms with Gasteiger partial charge in [-0.05, 0) is 17.9 Å². The second kappa shape index (κ2) is 6.02. The van der Waals surface area contributed by atoms with Crippen LogP contribution in [0.25, 0.3) is 6.08 Å². The zero-order chi connectivity index (χ0) is 11.1. The first-order valence-corrected chi connectivity index (χ1v) is 5.82. The van der Waals surface area contributed by atoms with Crippen molar-refractivity contribution in [3.05, 3.63) is 41.5 Å². The summed E-state index contributed by atoms with van der Waals surface area (Å²) < 4.78 is 0. The van der Waals surface area contributed by atoms with Crippen molar-refractivity contribution >= 4 is 17.8 Å². The van der Waals surface area contributed by atoms with Gasteiger partial charge >= 0.3 is 0 Å². The van der Waals surface area contributed by atoms with Gasteiger partial charge < -0.3 is 0 Å². The predicted octanol–water partition coefficient (Wildman–Crippen LogP) is 3.07. The van der Waals surface area contributed by atoms with Crippen LogP contribution >= 0.6 is 11.8 Å². The molecule has 0 aliphatic carbocycles. The maximum atomic E-state index is 5.45. The first-order valence-electron chi connectivity index (χ1n) is 4.54. The van der Waals surface area contributed by atoms with Gasteiger partial charge in [0.2, 0.25) is 0 Å². The van der Waals surface area contributed by atoms with E-state index in [-0.39, 0.29) is 5.25 Å². The van der Waals surface area contributed by atoms with Crippen LogP contribution in [0.1, 0.15) is 5.56 Å². The summed E-state index contributed by atoms with van der Waals surface area (Å²) in [5, 5.41) is -0.0322. The van der Waals surface area contributed by atoms with E-state index in [0.29, 0.717) is 0 Å². The molecule has 0 spiro atoms. The van der Waals surface area contributed by atoms with Crippen molar-refractivity contribution in [2.24, 2.45) is 0 Å². The van der Waals surface area contributed by atoms with E-state index in [0.717, 1.165) is 11.1 Å². The molecule has 0 nitrogen and oxygen atoms in total. The van der Waals surface area contributed by atoms with Crippen LogP contribution in [0.2, 0.25) is 0 Å². The molecule has 0 aromatic heterocycles. The minimum Gasteiger partial charge on any atom is -0.143 e. The smallest absolute Gasteiger partial charge is 0.0978 e. The minimum absolute atomic E-state index is 0.0322. The van der Waals surface area contributed by atoms with Crippen LogP contribution in [-0.2, 0) is 0 Å². The van der Waals surface area contributed by atoms with Crippen molar-refractivity contribution in [3.8, 4) is 24.7 Å². The van der Waals surface area contributed by atoms with Gasteiger partial charge in [0.1, 0.15) is 0 Å². The summed E-state index contributed by atoms with van der Waals surface area (Å²) in [7, 11) is 0. The second-order valence-corrected chi connectivity index (χ2v) is 3.88. The monoisotopic (exact) mass is 212 g/mol. The Balaban J connectivity index is 3.00. The van der Waals surface area contributed by atoms with Crippen molar-refractivity contribution in [2.75, 3.05) is 6.26 Å². The lowest BCUT2D eigenvalue weighted by Gasteiger charge is -2.06. The van der Waals surface area contributed by atoms with Gasteiger partial charge in [-0.3, -0.25) is 0 Å². The highest BCUT2D eigenvalue weighted by Gasteiger charge is 2.06. The van der Waals surface area contributed by atoms with Crippen LogP contribution in [0, 0.1) is 24.7 Å². The molecule has 0 N–H and O–H groups in total. The fraction of sp³-hybridized carbons (Fsp3) is 0.143. The Hall–Kier alpha value is -1.57. The highest BCUT2D eigenvalue weighted by molar-refractivity contribution is 7.99. The van der Waals surface area contributed by atoms with E-state index in [1.165, 1.54) is 0 Å². The average molecular weight is 212 g/mol. The molecule has 0 saturated heterocycles. The Morgan fingerprint density at radius 1 is 1.33 bits per heavy atom. The Kier molecular flexibility index (Phi) is 4.61. The highest BCUT2D eigenvalue weighted by atomic mass is 32.2. The molecule has 1 rings (SSSR count). The summed E-state index contributed by atoms with van der Waals surface area (Å²) in [6.45, 7) is 0. The second-order valence-electron chi connectivity index (χ2n) is 2.94. The molecule has 0 heterocycles. The van der Waals surface area contributed by atoms with Crippen LogP contribution in [0.3, 0.4) is 0 Å². The molecule has 0 bridgehead atoms. The third-order valence-electron chi connectivity index (χ3n) is 1.96. The molecule has 74 valence electrons. The van der Waals surface area contributed by atoms with Crippen LogP contribution < -0.4 is 0 Å². The summed E-state index contributed by atoms with van der Waals surface area (Å²) in [5.74, 6) is 5.33. The van der Waals surface area contributed by atoms with Crippen LogP contribution in [0.4, 0.5) is 0 Å². The van der Waals surface area contributed by atoms with Crippen LogP contribution in [0.15, 0.2) is 35.9 Å². The van der Waals surface area contributed by atoms with Gasteiger partial charge in [-0.1, -0.05) is 42.2 Å². The molecule has 0 radical (unpaired) electrons. The van der Waals surface area contributed by atoms with Gasteiger partial charge in [0.25, 0.3) is 0 Å². The fourth-order valence-corrected chi connectivity index (χ4v) is 1.73. The lowest BCUT2D eigenvalue weighted by Crippen LogP contribution is -2.00. The molecule has 0 amide bonds. The van der Waals surface area contributed by atoms with E-state index in [1.807, 2.05) is 42.7 Å². The Morgan fingerprint density at radius 3 is 2.47 bits per heavy atom. The van der Waals surface area contributed by atoms with Crippen molar-refractivity contribution in [1.29, 1.82) is 0 Å². The molecule has 1 aromatic rings. The average Bonchev–Trinajstić information content (AvgIpc) is 2.30. The third kappa shape index (κ3) is 3.24. The summed E-state index contributed by atoms with van der Waals surface area (Å²) in [5.41, 5.74) is 1.93. The molecular weight excluding hydrogens is 200 g/mol.